The summed E-state index contributed by atoms with van der Waals surface area (Å²) in [5, 5.41) is 49.7. The second kappa shape index (κ2) is 12.2. The lowest BCUT2D eigenvalue weighted by Crippen LogP contribution is -2.69. The van der Waals surface area contributed by atoms with Gasteiger partial charge in [0, 0.05) is 32.8 Å². The highest BCUT2D eigenvalue weighted by Gasteiger charge is 2.71. The molecule has 6 heteroatoms. The van der Waals surface area contributed by atoms with Gasteiger partial charge in [0.25, 0.3) is 0 Å². The maximum atomic E-state index is 12.8. The van der Waals surface area contributed by atoms with Gasteiger partial charge in [0.15, 0.2) is 11.9 Å². The van der Waals surface area contributed by atoms with Crippen LogP contribution in [0.1, 0.15) is 22.3 Å². The topological polar surface area (TPSA) is 99.4 Å². The van der Waals surface area contributed by atoms with Gasteiger partial charge in [0.2, 0.25) is 0 Å². The van der Waals surface area contributed by atoms with Crippen molar-refractivity contribution in [3.63, 3.8) is 0 Å². The molecule has 0 amide bonds. The summed E-state index contributed by atoms with van der Waals surface area (Å²) >= 11 is 0. The molecule has 1 fully saturated rings. The third-order valence-electron chi connectivity index (χ3n) is 8.31. The van der Waals surface area contributed by atoms with Crippen molar-refractivity contribution in [2.75, 3.05) is 7.11 Å². The molecule has 0 radical (unpaired) electrons. The minimum absolute atomic E-state index is 0.00236. The van der Waals surface area contributed by atoms with E-state index in [0.29, 0.717) is 0 Å². The van der Waals surface area contributed by atoms with Crippen LogP contribution >= 0.6 is 0 Å². The fourth-order valence-corrected chi connectivity index (χ4v) is 6.18. The maximum Gasteiger partial charge on any atom is 0.189 e. The van der Waals surface area contributed by atoms with Gasteiger partial charge in [-0.15, -0.1) is 0 Å². The van der Waals surface area contributed by atoms with Crippen LogP contribution in [-0.4, -0.2) is 62.8 Å². The second-order valence-electron chi connectivity index (χ2n) is 11.1. The van der Waals surface area contributed by atoms with Gasteiger partial charge in [-0.3, -0.25) is 0 Å². The summed E-state index contributed by atoms with van der Waals surface area (Å²) in [7, 11) is 1.41. The highest BCUT2D eigenvalue weighted by atomic mass is 16.7. The van der Waals surface area contributed by atoms with E-state index in [2.05, 4.69) is 0 Å². The number of benzene rings is 4. The summed E-state index contributed by atoms with van der Waals surface area (Å²) in [6, 6.07) is 37.3. The van der Waals surface area contributed by atoms with Crippen molar-refractivity contribution in [2.45, 2.75) is 61.0 Å². The van der Waals surface area contributed by atoms with Crippen molar-refractivity contribution in [3.05, 3.63) is 144 Å². The number of hydrogen-bond acceptors (Lipinski definition) is 6. The number of rotatable bonds is 11. The summed E-state index contributed by atoms with van der Waals surface area (Å²) in [6.07, 6.45) is -4.02. The maximum absolute atomic E-state index is 12.8. The molecule has 4 aromatic carbocycles. The Hall–Kier alpha value is -3.36. The third kappa shape index (κ3) is 5.86. The summed E-state index contributed by atoms with van der Waals surface area (Å²) in [5.41, 5.74) is -2.97. The molecule has 0 spiro atoms. The fourth-order valence-electron chi connectivity index (χ4n) is 6.18. The van der Waals surface area contributed by atoms with Crippen molar-refractivity contribution in [2.24, 2.45) is 0 Å². The highest BCUT2D eigenvalue weighted by Crippen LogP contribution is 2.49. The summed E-state index contributed by atoms with van der Waals surface area (Å²) < 4.78 is 12.0. The zero-order chi connectivity index (χ0) is 28.9. The Balaban J connectivity index is 1.64. The van der Waals surface area contributed by atoms with Crippen LogP contribution in [-0.2, 0) is 35.2 Å². The van der Waals surface area contributed by atoms with Gasteiger partial charge in [0.1, 0.15) is 17.3 Å². The molecule has 1 aliphatic heterocycles. The molecule has 214 valence electrons. The van der Waals surface area contributed by atoms with Gasteiger partial charge in [0.05, 0.1) is 6.10 Å². The van der Waals surface area contributed by atoms with Gasteiger partial charge in [-0.2, -0.15) is 0 Å². The summed E-state index contributed by atoms with van der Waals surface area (Å²) in [5.74, 6) is 0. The van der Waals surface area contributed by atoms with E-state index in [1.165, 1.54) is 7.11 Å². The minimum atomic E-state index is -2.06. The van der Waals surface area contributed by atoms with Crippen LogP contribution in [0.4, 0.5) is 0 Å². The van der Waals surface area contributed by atoms with Crippen LogP contribution in [0.5, 0.6) is 0 Å². The van der Waals surface area contributed by atoms with Crippen LogP contribution in [0.25, 0.3) is 0 Å². The van der Waals surface area contributed by atoms with E-state index < -0.39 is 35.3 Å². The molecular formula is C35H38O6. The van der Waals surface area contributed by atoms with Gasteiger partial charge in [-0.25, -0.2) is 0 Å². The monoisotopic (exact) mass is 554 g/mol. The SMILES string of the molecule is CO[C@@H]1O[C@@H]([C@@](O)(Cc2ccccc2)C(O)Cc2ccccc2)[C@@](O)(Cc2ccccc2)[C@]1(O)Cc1ccccc1. The number of aliphatic hydroxyl groups excluding tert-OH is 1. The summed E-state index contributed by atoms with van der Waals surface area (Å²) in [6.45, 7) is 0. The molecule has 1 saturated heterocycles. The van der Waals surface area contributed by atoms with E-state index in [1.807, 2.05) is 121 Å². The zero-order valence-corrected chi connectivity index (χ0v) is 23.2. The largest absolute Gasteiger partial charge is 0.390 e. The second-order valence-corrected chi connectivity index (χ2v) is 11.1. The van der Waals surface area contributed by atoms with Gasteiger partial charge < -0.3 is 29.9 Å². The Morgan fingerprint density at radius 3 is 1.56 bits per heavy atom. The molecule has 0 aliphatic carbocycles. The van der Waals surface area contributed by atoms with E-state index in [1.54, 1.807) is 0 Å². The van der Waals surface area contributed by atoms with Crippen LogP contribution in [0.15, 0.2) is 121 Å². The quantitative estimate of drug-likeness (QED) is 0.225. The zero-order valence-electron chi connectivity index (χ0n) is 23.2. The van der Waals surface area contributed by atoms with Gasteiger partial charge >= 0.3 is 0 Å². The first kappa shape index (κ1) is 29.1. The average molecular weight is 555 g/mol. The average Bonchev–Trinajstić information content (AvgIpc) is 3.20. The van der Waals surface area contributed by atoms with E-state index >= 15 is 0 Å². The molecule has 5 rings (SSSR count). The Bertz CT molecular complexity index is 1370. The van der Waals surface area contributed by atoms with Crippen molar-refractivity contribution >= 4 is 0 Å². The van der Waals surface area contributed by atoms with Gasteiger partial charge in [-0.05, 0) is 22.3 Å². The smallest absolute Gasteiger partial charge is 0.189 e. The van der Waals surface area contributed by atoms with Crippen LogP contribution < -0.4 is 0 Å². The standard InChI is InChI=1S/C35H38O6/c1-40-32-35(39,25-29-20-12-5-13-21-29)34(38,24-28-18-10-4-11-19-28)31(41-32)33(37,23-27-16-8-3-9-17-27)30(36)22-26-14-6-2-7-15-26/h2-21,30-32,36-39H,22-25H2,1H3/t30?,31-,32+,33+,34-,35-/m0/s1. The van der Waals surface area contributed by atoms with E-state index in [9.17, 15) is 20.4 Å². The lowest BCUT2D eigenvalue weighted by Gasteiger charge is -2.47. The Labute approximate surface area is 241 Å². The van der Waals surface area contributed by atoms with Crippen LogP contribution in [0, 0.1) is 0 Å². The molecule has 6 atom stereocenters. The van der Waals surface area contributed by atoms with Crippen LogP contribution in [0.2, 0.25) is 0 Å². The van der Waals surface area contributed by atoms with E-state index in [-0.39, 0.29) is 25.7 Å². The number of ether oxygens (including phenoxy) is 2. The van der Waals surface area contributed by atoms with Crippen molar-refractivity contribution < 1.29 is 29.9 Å². The first-order chi connectivity index (χ1) is 19.8. The minimum Gasteiger partial charge on any atom is -0.390 e. The molecule has 1 aliphatic rings. The summed E-state index contributed by atoms with van der Waals surface area (Å²) in [4.78, 5) is 0. The molecule has 4 N–H and O–H groups in total. The van der Waals surface area contributed by atoms with E-state index in [0.717, 1.165) is 22.3 Å². The number of aliphatic hydroxyl groups is 4. The predicted molar refractivity (Wildman–Crippen MR) is 157 cm³/mol. The molecule has 1 heterocycles. The lowest BCUT2D eigenvalue weighted by atomic mass is 9.66. The Kier molecular flexibility index (Phi) is 8.71. The predicted octanol–water partition coefficient (Wildman–Crippen LogP) is 3.88. The molecule has 0 bridgehead atoms. The molecule has 41 heavy (non-hydrogen) atoms. The van der Waals surface area contributed by atoms with Crippen molar-refractivity contribution in [3.8, 4) is 0 Å². The highest BCUT2D eigenvalue weighted by molar-refractivity contribution is 5.31. The van der Waals surface area contributed by atoms with Crippen molar-refractivity contribution in [1.29, 1.82) is 0 Å². The first-order valence-corrected chi connectivity index (χ1v) is 14.0. The van der Waals surface area contributed by atoms with E-state index in [4.69, 9.17) is 9.47 Å². The van der Waals surface area contributed by atoms with Gasteiger partial charge in [-0.1, -0.05) is 121 Å². The van der Waals surface area contributed by atoms with Crippen molar-refractivity contribution in [1.82, 2.24) is 0 Å². The Morgan fingerprint density at radius 2 is 1.10 bits per heavy atom. The normalized spacial score (nSPS) is 26.4. The van der Waals surface area contributed by atoms with Crippen LogP contribution in [0.3, 0.4) is 0 Å². The number of methoxy groups -OCH3 is 1. The molecule has 0 aromatic heterocycles. The molecular weight excluding hydrogens is 516 g/mol. The molecule has 6 nitrogen and oxygen atoms in total. The first-order valence-electron chi connectivity index (χ1n) is 14.0. The Morgan fingerprint density at radius 1 is 0.683 bits per heavy atom. The number of hydrogen-bond donors (Lipinski definition) is 4. The third-order valence-corrected chi connectivity index (χ3v) is 8.31. The molecule has 4 aromatic rings. The lowest BCUT2D eigenvalue weighted by molar-refractivity contribution is -0.222. The molecule has 1 unspecified atom stereocenters. The fraction of sp³-hybridized carbons (Fsp3) is 0.314. The molecule has 0 saturated carbocycles.